The smallest absolute Gasteiger partial charge is 0.0878 e. The quantitative estimate of drug-likeness (QED) is 0.733. The van der Waals surface area contributed by atoms with Gasteiger partial charge in [-0.15, -0.1) is 0 Å². The van der Waals surface area contributed by atoms with Crippen molar-refractivity contribution < 1.29 is 0 Å². The molecular formula is C18H21N. The van der Waals surface area contributed by atoms with Crippen molar-refractivity contribution in [2.24, 2.45) is 23.7 Å². The summed E-state index contributed by atoms with van der Waals surface area (Å²) in [6, 6.07) is 11.6. The molecule has 19 heavy (non-hydrogen) atoms. The summed E-state index contributed by atoms with van der Waals surface area (Å²) in [4.78, 5) is 0. The van der Waals surface area contributed by atoms with Crippen LogP contribution in [-0.2, 0) is 5.41 Å². The zero-order valence-electron chi connectivity index (χ0n) is 11.6. The van der Waals surface area contributed by atoms with Crippen LogP contribution in [0.2, 0.25) is 0 Å². The number of hydrogen-bond acceptors (Lipinski definition) is 1. The van der Waals surface area contributed by atoms with Gasteiger partial charge >= 0.3 is 0 Å². The van der Waals surface area contributed by atoms with Crippen LogP contribution in [0.3, 0.4) is 0 Å². The van der Waals surface area contributed by atoms with Crippen LogP contribution >= 0.6 is 0 Å². The maximum atomic E-state index is 10.0. The van der Waals surface area contributed by atoms with Gasteiger partial charge in [-0.25, -0.2) is 0 Å². The molecule has 1 aromatic carbocycles. The molecule has 0 spiro atoms. The largest absolute Gasteiger partial charge is 0.197 e. The van der Waals surface area contributed by atoms with E-state index in [2.05, 4.69) is 37.3 Å². The van der Waals surface area contributed by atoms with Crippen molar-refractivity contribution in [2.75, 3.05) is 0 Å². The van der Waals surface area contributed by atoms with Crippen molar-refractivity contribution in [3.05, 3.63) is 35.4 Å². The highest BCUT2D eigenvalue weighted by atomic mass is 14.6. The fourth-order valence-electron chi connectivity index (χ4n) is 5.55. The Labute approximate surface area is 115 Å². The highest BCUT2D eigenvalue weighted by Gasteiger charge is 2.58. The third-order valence-electron chi connectivity index (χ3n) is 6.11. The molecule has 0 saturated heterocycles. The van der Waals surface area contributed by atoms with E-state index in [1.807, 2.05) is 0 Å². The van der Waals surface area contributed by atoms with Gasteiger partial charge in [0.1, 0.15) is 0 Å². The normalized spacial score (nSPS) is 43.2. The Bertz CT molecular complexity index is 523. The lowest BCUT2D eigenvalue weighted by molar-refractivity contribution is -0.0348. The van der Waals surface area contributed by atoms with Gasteiger partial charge in [0.25, 0.3) is 0 Å². The molecule has 5 rings (SSSR count). The monoisotopic (exact) mass is 251 g/mol. The van der Waals surface area contributed by atoms with Gasteiger partial charge in [-0.1, -0.05) is 29.8 Å². The second kappa shape index (κ2) is 3.85. The lowest BCUT2D eigenvalue weighted by atomic mass is 9.44. The Kier molecular flexibility index (Phi) is 2.34. The molecule has 4 saturated carbocycles. The zero-order valence-corrected chi connectivity index (χ0v) is 11.6. The molecule has 0 aliphatic heterocycles. The second-order valence-corrected chi connectivity index (χ2v) is 7.15. The summed E-state index contributed by atoms with van der Waals surface area (Å²) in [6.45, 7) is 2.14. The van der Waals surface area contributed by atoms with E-state index in [9.17, 15) is 5.26 Å². The van der Waals surface area contributed by atoms with Gasteiger partial charge in [0, 0.05) is 0 Å². The number of nitriles is 1. The van der Waals surface area contributed by atoms with Crippen molar-refractivity contribution in [3.8, 4) is 6.07 Å². The Morgan fingerprint density at radius 2 is 1.68 bits per heavy atom. The van der Waals surface area contributed by atoms with E-state index in [1.54, 1.807) is 0 Å². The molecule has 0 heterocycles. The van der Waals surface area contributed by atoms with Crippen LogP contribution in [0.15, 0.2) is 24.3 Å². The minimum Gasteiger partial charge on any atom is -0.197 e. The van der Waals surface area contributed by atoms with Gasteiger partial charge in [-0.3, -0.25) is 0 Å². The Morgan fingerprint density at radius 1 is 1.05 bits per heavy atom. The number of rotatable bonds is 1. The Morgan fingerprint density at radius 3 is 2.21 bits per heavy atom. The van der Waals surface area contributed by atoms with Crippen LogP contribution < -0.4 is 0 Å². The van der Waals surface area contributed by atoms with Crippen molar-refractivity contribution in [2.45, 2.75) is 44.4 Å². The van der Waals surface area contributed by atoms with Crippen LogP contribution in [0.1, 0.15) is 43.2 Å². The molecule has 4 aliphatic rings. The molecule has 0 atom stereocenters. The van der Waals surface area contributed by atoms with Gasteiger partial charge in [0.2, 0.25) is 0 Å². The van der Waals surface area contributed by atoms with Crippen molar-refractivity contribution in [1.29, 1.82) is 5.26 Å². The van der Waals surface area contributed by atoms with Crippen LogP contribution in [-0.4, -0.2) is 0 Å². The topological polar surface area (TPSA) is 23.8 Å². The number of aryl methyl sites for hydroxylation is 1. The predicted molar refractivity (Wildman–Crippen MR) is 75.5 cm³/mol. The fraction of sp³-hybridized carbons (Fsp3) is 0.611. The van der Waals surface area contributed by atoms with Crippen LogP contribution in [0.5, 0.6) is 0 Å². The lowest BCUT2D eigenvalue weighted by Crippen LogP contribution is -2.54. The lowest BCUT2D eigenvalue weighted by Gasteiger charge is -2.58. The van der Waals surface area contributed by atoms with Gasteiger partial charge in [0.15, 0.2) is 0 Å². The highest BCUT2D eigenvalue weighted by molar-refractivity contribution is 5.39. The van der Waals surface area contributed by atoms with Gasteiger partial charge in [-0.05, 0) is 68.3 Å². The summed E-state index contributed by atoms with van der Waals surface area (Å²) in [5.74, 6) is 3.09. The molecule has 0 unspecified atom stereocenters. The maximum absolute atomic E-state index is 10.0. The summed E-state index contributed by atoms with van der Waals surface area (Å²) in [7, 11) is 0. The minimum atomic E-state index is -0.167. The first kappa shape index (κ1) is 11.5. The van der Waals surface area contributed by atoms with E-state index < -0.39 is 0 Å². The summed E-state index contributed by atoms with van der Waals surface area (Å²) in [5.41, 5.74) is 2.43. The summed E-state index contributed by atoms with van der Waals surface area (Å²) in [5, 5.41) is 10.0. The average Bonchev–Trinajstić information content (AvgIpc) is 2.38. The Hall–Kier alpha value is -1.29. The molecule has 0 N–H and O–H groups in total. The summed E-state index contributed by atoms with van der Waals surface area (Å²) >= 11 is 0. The van der Waals surface area contributed by atoms with Crippen molar-refractivity contribution in [3.63, 3.8) is 0 Å². The zero-order chi connectivity index (χ0) is 13.0. The minimum absolute atomic E-state index is 0.167. The van der Waals surface area contributed by atoms with E-state index >= 15 is 0 Å². The molecule has 4 fully saturated rings. The fourth-order valence-corrected chi connectivity index (χ4v) is 5.55. The first-order valence-corrected chi connectivity index (χ1v) is 7.70. The molecule has 98 valence electrons. The predicted octanol–water partition coefficient (Wildman–Crippen LogP) is 4.21. The third-order valence-corrected chi connectivity index (χ3v) is 6.11. The van der Waals surface area contributed by atoms with E-state index in [4.69, 9.17) is 0 Å². The van der Waals surface area contributed by atoms with Gasteiger partial charge in [-0.2, -0.15) is 5.26 Å². The number of benzene rings is 1. The second-order valence-electron chi connectivity index (χ2n) is 7.15. The molecule has 1 nitrogen and oxygen atoms in total. The van der Waals surface area contributed by atoms with Crippen molar-refractivity contribution in [1.82, 2.24) is 0 Å². The van der Waals surface area contributed by atoms with E-state index in [-0.39, 0.29) is 5.41 Å². The van der Waals surface area contributed by atoms with Crippen LogP contribution in [0, 0.1) is 41.9 Å². The van der Waals surface area contributed by atoms with Crippen molar-refractivity contribution >= 4 is 0 Å². The first-order valence-electron chi connectivity index (χ1n) is 7.70. The van der Waals surface area contributed by atoms with Crippen LogP contribution in [0.4, 0.5) is 0 Å². The molecule has 1 heteroatoms. The molecule has 0 radical (unpaired) electrons. The highest BCUT2D eigenvalue weighted by Crippen LogP contribution is 2.62. The Balaban J connectivity index is 1.84. The van der Waals surface area contributed by atoms with E-state index in [1.165, 1.54) is 43.2 Å². The van der Waals surface area contributed by atoms with Gasteiger partial charge in [0.05, 0.1) is 11.5 Å². The molecule has 0 amide bonds. The first-order chi connectivity index (χ1) is 9.22. The molecule has 0 aromatic heterocycles. The van der Waals surface area contributed by atoms with Gasteiger partial charge < -0.3 is 0 Å². The molecule has 4 bridgehead atoms. The molecule has 4 aliphatic carbocycles. The third kappa shape index (κ3) is 1.46. The number of hydrogen-bond donors (Lipinski definition) is 0. The standard InChI is InChI=1S/C18H21N/c1-12-3-2-4-15(5-12)18(11-19)16-7-13-6-14(9-16)10-17(18)8-13/h2-5,13-14,16-17H,6-10H2,1H3. The van der Waals surface area contributed by atoms with Crippen LogP contribution in [0.25, 0.3) is 0 Å². The average molecular weight is 251 g/mol. The maximum Gasteiger partial charge on any atom is 0.0878 e. The van der Waals surface area contributed by atoms with E-state index in [0.717, 1.165) is 11.8 Å². The molecule has 1 aromatic rings. The van der Waals surface area contributed by atoms with E-state index in [0.29, 0.717) is 11.8 Å². The SMILES string of the molecule is Cc1cccc(C2(C#N)C3CC4CC(C3)CC2C4)c1. The molecular weight excluding hydrogens is 230 g/mol. The summed E-state index contributed by atoms with van der Waals surface area (Å²) < 4.78 is 0. The number of nitrogens with zero attached hydrogens (tertiary/aromatic N) is 1. The summed E-state index contributed by atoms with van der Waals surface area (Å²) in [6.07, 6.45) is 6.65.